The fourth-order valence-corrected chi connectivity index (χ4v) is 3.06. The van der Waals surface area contributed by atoms with Crippen LogP contribution >= 0.6 is 0 Å². The number of phenolic OH excluding ortho intramolecular Hbond substituents is 5. The van der Waals surface area contributed by atoms with E-state index in [4.69, 9.17) is 14.2 Å². The highest BCUT2D eigenvalue weighted by molar-refractivity contribution is 5.87. The number of benzene rings is 2. The second-order valence-corrected chi connectivity index (χ2v) is 7.12. The number of hydrogen-bond acceptors (Lipinski definition) is 12. The van der Waals surface area contributed by atoms with Crippen LogP contribution < -0.4 is 4.74 Å². The van der Waals surface area contributed by atoms with Gasteiger partial charge in [0, 0.05) is 18.2 Å². The molecule has 12 nitrogen and oxygen atoms in total. The summed E-state index contributed by atoms with van der Waals surface area (Å²) in [7, 11) is 0. The molecule has 5 atom stereocenters. The van der Waals surface area contributed by atoms with Gasteiger partial charge in [-0.25, -0.2) is 4.79 Å². The summed E-state index contributed by atoms with van der Waals surface area (Å²) in [4.78, 5) is 12.2. The maximum absolute atomic E-state index is 12.2. The molecule has 1 heterocycles. The van der Waals surface area contributed by atoms with Crippen molar-refractivity contribution in [3.63, 3.8) is 0 Å². The molecule has 2 aromatic carbocycles. The lowest BCUT2D eigenvalue weighted by Gasteiger charge is -2.41. The molecule has 1 saturated heterocycles. The highest BCUT2D eigenvalue weighted by Gasteiger charge is 2.47. The third-order valence-electron chi connectivity index (χ3n) is 4.78. The van der Waals surface area contributed by atoms with Crippen molar-refractivity contribution >= 4 is 12.0 Å². The number of aliphatic hydroxyl groups excluding tert-OH is 3. The average Bonchev–Trinajstić information content (AvgIpc) is 2.77. The number of rotatable bonds is 6. The van der Waals surface area contributed by atoms with Crippen LogP contribution in [0.1, 0.15) is 5.56 Å². The Bertz CT molecular complexity index is 1010. The largest absolute Gasteiger partial charge is 0.504 e. The molecule has 178 valence electrons. The van der Waals surface area contributed by atoms with Crippen LogP contribution in [0.15, 0.2) is 36.4 Å². The van der Waals surface area contributed by atoms with Gasteiger partial charge >= 0.3 is 5.97 Å². The van der Waals surface area contributed by atoms with Gasteiger partial charge in [0.2, 0.25) is 12.0 Å². The lowest BCUT2D eigenvalue weighted by Crippen LogP contribution is -2.61. The van der Waals surface area contributed by atoms with Crippen LogP contribution in [-0.4, -0.2) is 84.1 Å². The molecule has 0 aromatic heterocycles. The number of phenols is 5. The molecule has 2 aromatic rings. The van der Waals surface area contributed by atoms with Gasteiger partial charge in [-0.05, 0) is 23.8 Å². The van der Waals surface area contributed by atoms with Crippen molar-refractivity contribution in [1.82, 2.24) is 0 Å². The summed E-state index contributed by atoms with van der Waals surface area (Å²) in [5.41, 5.74) is 0.351. The van der Waals surface area contributed by atoms with Crippen LogP contribution in [0.4, 0.5) is 0 Å². The molecule has 0 bridgehead atoms. The molecule has 1 aliphatic rings. The van der Waals surface area contributed by atoms with Crippen LogP contribution in [0.2, 0.25) is 0 Å². The zero-order valence-corrected chi connectivity index (χ0v) is 16.8. The maximum atomic E-state index is 12.2. The molecule has 33 heavy (non-hydrogen) atoms. The first-order valence-corrected chi connectivity index (χ1v) is 9.55. The van der Waals surface area contributed by atoms with Gasteiger partial charge in [-0.2, -0.15) is 0 Å². The Hall–Kier alpha value is -3.71. The van der Waals surface area contributed by atoms with Crippen molar-refractivity contribution in [3.8, 4) is 34.5 Å². The van der Waals surface area contributed by atoms with E-state index in [1.54, 1.807) is 0 Å². The molecule has 0 aliphatic carbocycles. The van der Waals surface area contributed by atoms with E-state index in [0.29, 0.717) is 5.56 Å². The van der Waals surface area contributed by atoms with Crippen molar-refractivity contribution in [2.24, 2.45) is 0 Å². The van der Waals surface area contributed by atoms with E-state index in [2.05, 4.69) is 0 Å². The van der Waals surface area contributed by atoms with E-state index >= 15 is 0 Å². The molecule has 1 fully saturated rings. The molecule has 0 spiro atoms. The zero-order chi connectivity index (χ0) is 24.3. The van der Waals surface area contributed by atoms with Crippen molar-refractivity contribution in [3.05, 3.63) is 42.0 Å². The average molecular weight is 466 g/mol. The number of aliphatic hydroxyl groups is 3. The fourth-order valence-electron chi connectivity index (χ4n) is 3.06. The van der Waals surface area contributed by atoms with Crippen molar-refractivity contribution in [2.75, 3.05) is 6.61 Å². The molecular formula is C21H22O12. The lowest BCUT2D eigenvalue weighted by molar-refractivity contribution is -0.286. The van der Waals surface area contributed by atoms with Gasteiger partial charge in [0.15, 0.2) is 35.2 Å². The molecular weight excluding hydrogens is 444 g/mol. The summed E-state index contributed by atoms with van der Waals surface area (Å²) in [5.74, 6) is -4.24. The van der Waals surface area contributed by atoms with Gasteiger partial charge < -0.3 is 55.1 Å². The minimum Gasteiger partial charge on any atom is -0.504 e. The van der Waals surface area contributed by atoms with Crippen molar-refractivity contribution in [2.45, 2.75) is 30.7 Å². The van der Waals surface area contributed by atoms with E-state index in [9.17, 15) is 45.6 Å². The maximum Gasteiger partial charge on any atom is 0.333 e. The standard InChI is InChI=1S/C21H22O12/c22-8-15-18(29)20(31-10-6-13(25)17(28)14(26)7-10)19(30)21(32-15)33-16(27)4-2-9-1-3-11(23)12(24)5-9/h1-7,15,18-26,28-30H,8H2. The number of esters is 1. The Morgan fingerprint density at radius 1 is 0.939 bits per heavy atom. The first-order chi connectivity index (χ1) is 15.6. The van der Waals surface area contributed by atoms with E-state index < -0.39 is 66.3 Å². The summed E-state index contributed by atoms with van der Waals surface area (Å²) in [6.45, 7) is -0.726. The Kier molecular flexibility index (Phi) is 7.13. The highest BCUT2D eigenvalue weighted by Crippen LogP contribution is 2.39. The van der Waals surface area contributed by atoms with Gasteiger partial charge in [-0.3, -0.25) is 0 Å². The fraction of sp³-hybridized carbons (Fsp3) is 0.286. The molecule has 0 radical (unpaired) electrons. The van der Waals surface area contributed by atoms with E-state index in [1.165, 1.54) is 24.3 Å². The minimum absolute atomic E-state index is 0.249. The molecule has 12 heteroatoms. The Balaban J connectivity index is 1.74. The number of carbonyl (C=O) groups excluding carboxylic acids is 1. The second kappa shape index (κ2) is 9.83. The van der Waals surface area contributed by atoms with Crippen molar-refractivity contribution in [1.29, 1.82) is 0 Å². The van der Waals surface area contributed by atoms with Crippen LogP contribution in [0.5, 0.6) is 34.5 Å². The Morgan fingerprint density at radius 2 is 1.61 bits per heavy atom. The van der Waals surface area contributed by atoms with Gasteiger partial charge in [-0.15, -0.1) is 0 Å². The smallest absolute Gasteiger partial charge is 0.333 e. The monoisotopic (exact) mass is 466 g/mol. The van der Waals surface area contributed by atoms with Gasteiger partial charge in [0.05, 0.1) is 6.61 Å². The molecule has 1 aliphatic heterocycles. The number of aromatic hydroxyl groups is 5. The Morgan fingerprint density at radius 3 is 2.21 bits per heavy atom. The molecule has 0 saturated carbocycles. The topological polar surface area (TPSA) is 207 Å². The van der Waals surface area contributed by atoms with Crippen LogP contribution in [0, 0.1) is 0 Å². The van der Waals surface area contributed by atoms with Gasteiger partial charge in [0.1, 0.15) is 18.0 Å². The second-order valence-electron chi connectivity index (χ2n) is 7.12. The third kappa shape index (κ3) is 5.38. The predicted molar refractivity (Wildman–Crippen MR) is 109 cm³/mol. The summed E-state index contributed by atoms with van der Waals surface area (Å²) in [6, 6.07) is 5.64. The van der Waals surface area contributed by atoms with Gasteiger partial charge in [-0.1, -0.05) is 6.07 Å². The molecule has 8 N–H and O–H groups in total. The van der Waals surface area contributed by atoms with E-state index in [1.807, 2.05) is 0 Å². The normalized spacial score (nSPS) is 25.1. The van der Waals surface area contributed by atoms with Gasteiger partial charge in [0.25, 0.3) is 0 Å². The molecule has 5 unspecified atom stereocenters. The van der Waals surface area contributed by atoms with Crippen LogP contribution in [0.3, 0.4) is 0 Å². The number of ether oxygens (including phenoxy) is 3. The van der Waals surface area contributed by atoms with E-state index in [-0.39, 0.29) is 11.5 Å². The van der Waals surface area contributed by atoms with Crippen LogP contribution in [-0.2, 0) is 14.3 Å². The summed E-state index contributed by atoms with van der Waals surface area (Å²) >= 11 is 0. The molecule has 3 rings (SSSR count). The first-order valence-electron chi connectivity index (χ1n) is 9.55. The molecule has 0 amide bonds. The SMILES string of the molecule is O=C(C=Cc1ccc(O)c(O)c1)OC1OC(CO)C(O)C(Oc2cc(O)c(O)c(O)c2)C1O. The zero-order valence-electron chi connectivity index (χ0n) is 16.8. The highest BCUT2D eigenvalue weighted by atomic mass is 16.7. The number of hydrogen-bond donors (Lipinski definition) is 8. The first kappa shape index (κ1) is 23.9. The quantitative estimate of drug-likeness (QED) is 0.156. The van der Waals surface area contributed by atoms with E-state index in [0.717, 1.165) is 18.2 Å². The van der Waals surface area contributed by atoms with Crippen LogP contribution in [0.25, 0.3) is 6.08 Å². The number of carbonyl (C=O) groups is 1. The van der Waals surface area contributed by atoms with Crippen molar-refractivity contribution < 1.29 is 59.9 Å². The summed E-state index contributed by atoms with van der Waals surface area (Å²) in [6.07, 6.45) is -5.70. The summed E-state index contributed by atoms with van der Waals surface area (Å²) < 4.78 is 15.7. The lowest BCUT2D eigenvalue weighted by atomic mass is 9.99. The minimum atomic E-state index is -1.77. The summed E-state index contributed by atoms with van der Waals surface area (Å²) in [5, 5.41) is 77.8. The predicted octanol–water partition coefficient (Wildman–Crippen LogP) is -0.342. The third-order valence-corrected chi connectivity index (χ3v) is 4.78. The Labute approximate surface area is 186 Å².